The second-order valence-corrected chi connectivity index (χ2v) is 7.03. The van der Waals surface area contributed by atoms with Crippen LogP contribution in [-0.2, 0) is 4.79 Å². The molecule has 1 atom stereocenters. The predicted octanol–water partition coefficient (Wildman–Crippen LogP) is 2.09. The van der Waals surface area contributed by atoms with Gasteiger partial charge in [-0.3, -0.25) is 4.79 Å². The van der Waals surface area contributed by atoms with E-state index >= 15 is 0 Å². The van der Waals surface area contributed by atoms with Crippen molar-refractivity contribution in [2.24, 2.45) is 16.8 Å². The van der Waals surface area contributed by atoms with Gasteiger partial charge < -0.3 is 16.3 Å². The summed E-state index contributed by atoms with van der Waals surface area (Å²) in [5.41, 5.74) is 5.29. The molecule has 1 heterocycles. The summed E-state index contributed by atoms with van der Waals surface area (Å²) in [4.78, 5) is 12.4. The first-order valence-corrected chi connectivity index (χ1v) is 8.71. The first kappa shape index (κ1) is 15.5. The van der Waals surface area contributed by atoms with Crippen LogP contribution >= 0.6 is 11.8 Å². The van der Waals surface area contributed by atoms with Crippen LogP contribution in [0.25, 0.3) is 0 Å². The Bertz CT molecular complexity index is 359. The molecule has 1 amide bonds. The van der Waals surface area contributed by atoms with E-state index in [1.54, 1.807) is 0 Å². The van der Waals surface area contributed by atoms with Crippen molar-refractivity contribution in [2.45, 2.75) is 56.9 Å². The van der Waals surface area contributed by atoms with Gasteiger partial charge in [0.1, 0.15) is 5.54 Å². The van der Waals surface area contributed by atoms with Gasteiger partial charge in [0, 0.05) is 11.7 Å². The molecule has 0 aromatic carbocycles. The summed E-state index contributed by atoms with van der Waals surface area (Å²) in [6.45, 7) is 0. The maximum atomic E-state index is 12.4. The number of thioether (sulfide) groups is 1. The lowest BCUT2D eigenvalue weighted by Gasteiger charge is -2.36. The monoisotopic (exact) mass is 299 g/mol. The first-order valence-electron chi connectivity index (χ1n) is 7.56. The van der Waals surface area contributed by atoms with Crippen molar-refractivity contribution in [2.75, 3.05) is 11.5 Å². The number of carbonyl (C=O) groups is 1. The second-order valence-electron chi connectivity index (χ2n) is 5.88. The van der Waals surface area contributed by atoms with E-state index in [0.29, 0.717) is 0 Å². The fourth-order valence-electron chi connectivity index (χ4n) is 3.13. The molecule has 5 nitrogen and oxygen atoms in total. The highest BCUT2D eigenvalue weighted by Crippen LogP contribution is 2.29. The number of hydrogen-bond donors (Lipinski definition) is 3. The molecule has 1 unspecified atom stereocenters. The molecular formula is C14H25N3O2S. The smallest absolute Gasteiger partial charge is 0.224 e. The largest absolute Gasteiger partial charge is 0.409 e. The summed E-state index contributed by atoms with van der Waals surface area (Å²) in [6, 6.07) is 0. The highest BCUT2D eigenvalue weighted by Gasteiger charge is 2.38. The minimum absolute atomic E-state index is 0.0715. The molecule has 1 aliphatic heterocycles. The van der Waals surface area contributed by atoms with Crippen LogP contribution in [0.2, 0.25) is 0 Å². The Morgan fingerprint density at radius 1 is 1.25 bits per heavy atom. The van der Waals surface area contributed by atoms with Gasteiger partial charge in [-0.05, 0) is 25.0 Å². The molecule has 114 valence electrons. The number of nitrogens with zero attached hydrogens (tertiary/aromatic N) is 1. The van der Waals surface area contributed by atoms with E-state index in [9.17, 15) is 4.79 Å². The van der Waals surface area contributed by atoms with Crippen molar-refractivity contribution in [1.82, 2.24) is 5.32 Å². The van der Waals surface area contributed by atoms with Crippen LogP contribution in [0.5, 0.6) is 0 Å². The number of nitrogens with two attached hydrogens (primary N) is 1. The highest BCUT2D eigenvalue weighted by atomic mass is 32.2. The maximum Gasteiger partial charge on any atom is 0.224 e. The Balaban J connectivity index is 2.10. The molecule has 2 fully saturated rings. The number of carbonyl (C=O) groups excluding carboxylic acids is 1. The first-order chi connectivity index (χ1) is 9.68. The zero-order chi connectivity index (χ0) is 14.4. The third-order valence-electron chi connectivity index (χ3n) is 4.47. The number of rotatable bonds is 3. The zero-order valence-corrected chi connectivity index (χ0v) is 12.8. The van der Waals surface area contributed by atoms with Crippen molar-refractivity contribution in [3.63, 3.8) is 0 Å². The van der Waals surface area contributed by atoms with Gasteiger partial charge in [-0.15, -0.1) is 0 Å². The highest BCUT2D eigenvalue weighted by molar-refractivity contribution is 7.99. The number of amides is 1. The van der Waals surface area contributed by atoms with Crippen LogP contribution in [0.15, 0.2) is 5.16 Å². The van der Waals surface area contributed by atoms with Crippen molar-refractivity contribution >= 4 is 23.5 Å². The fraction of sp³-hybridized carbons (Fsp3) is 0.857. The minimum Gasteiger partial charge on any atom is -0.409 e. The van der Waals surface area contributed by atoms with E-state index in [1.165, 1.54) is 6.42 Å². The summed E-state index contributed by atoms with van der Waals surface area (Å²) in [6.07, 6.45) is 8.03. The van der Waals surface area contributed by atoms with Gasteiger partial charge in [0.25, 0.3) is 0 Å². The molecule has 1 saturated heterocycles. The molecule has 0 aromatic rings. The van der Waals surface area contributed by atoms with Gasteiger partial charge in [0.15, 0.2) is 5.84 Å². The Kier molecular flexibility index (Phi) is 5.57. The lowest BCUT2D eigenvalue weighted by Crippen LogP contribution is -2.59. The van der Waals surface area contributed by atoms with E-state index in [2.05, 4.69) is 10.5 Å². The summed E-state index contributed by atoms with van der Waals surface area (Å²) in [7, 11) is 0. The van der Waals surface area contributed by atoms with Gasteiger partial charge in [-0.25, -0.2) is 0 Å². The van der Waals surface area contributed by atoms with Gasteiger partial charge in [0.2, 0.25) is 5.91 Å². The molecule has 0 radical (unpaired) electrons. The summed E-state index contributed by atoms with van der Waals surface area (Å²) >= 11 is 1.82. The molecule has 1 aliphatic carbocycles. The van der Waals surface area contributed by atoms with Crippen molar-refractivity contribution in [1.29, 1.82) is 0 Å². The van der Waals surface area contributed by atoms with Crippen LogP contribution in [0.3, 0.4) is 0 Å². The molecule has 4 N–H and O–H groups in total. The van der Waals surface area contributed by atoms with Gasteiger partial charge in [-0.1, -0.05) is 37.3 Å². The molecule has 2 rings (SSSR count). The Morgan fingerprint density at radius 3 is 2.45 bits per heavy atom. The van der Waals surface area contributed by atoms with E-state index in [4.69, 9.17) is 10.9 Å². The van der Waals surface area contributed by atoms with Crippen LogP contribution < -0.4 is 11.1 Å². The fourth-order valence-corrected chi connectivity index (χ4v) is 4.35. The average molecular weight is 299 g/mol. The second kappa shape index (κ2) is 7.20. The number of nitrogens with one attached hydrogen (secondary N) is 1. The number of hydrogen-bond acceptors (Lipinski definition) is 4. The predicted molar refractivity (Wildman–Crippen MR) is 82.0 cm³/mol. The molecule has 0 spiro atoms. The van der Waals surface area contributed by atoms with Gasteiger partial charge in [-0.2, -0.15) is 11.8 Å². The number of amidine groups is 1. The Morgan fingerprint density at radius 2 is 1.90 bits per heavy atom. The third kappa shape index (κ3) is 3.59. The molecule has 20 heavy (non-hydrogen) atoms. The Labute approximate surface area is 124 Å². The quantitative estimate of drug-likeness (QED) is 0.322. The summed E-state index contributed by atoms with van der Waals surface area (Å²) in [5.74, 6) is 2.25. The van der Waals surface area contributed by atoms with Crippen LogP contribution in [0.1, 0.15) is 51.4 Å². The summed E-state index contributed by atoms with van der Waals surface area (Å²) < 4.78 is 0. The average Bonchev–Trinajstić information content (AvgIpc) is 2.95. The number of oxime groups is 1. The van der Waals surface area contributed by atoms with Crippen LogP contribution in [0.4, 0.5) is 0 Å². The van der Waals surface area contributed by atoms with Crippen LogP contribution in [-0.4, -0.2) is 34.0 Å². The van der Waals surface area contributed by atoms with Gasteiger partial charge in [0.05, 0.1) is 0 Å². The maximum absolute atomic E-state index is 12.4. The van der Waals surface area contributed by atoms with Crippen LogP contribution in [0, 0.1) is 5.92 Å². The minimum atomic E-state index is -0.639. The molecule has 1 saturated carbocycles. The Hall–Kier alpha value is -0.910. The third-order valence-corrected chi connectivity index (χ3v) is 5.63. The zero-order valence-electron chi connectivity index (χ0n) is 11.9. The van der Waals surface area contributed by atoms with Crippen molar-refractivity contribution in [3.05, 3.63) is 0 Å². The van der Waals surface area contributed by atoms with E-state index in [0.717, 1.165) is 56.5 Å². The molecule has 0 aromatic heterocycles. The molecular weight excluding hydrogens is 274 g/mol. The standard InChI is InChI=1S/C14H25N3O2S/c15-13(17-19)14(7-4-2-1-3-5-8-14)16-12(18)11-6-9-20-10-11/h11,19H,1-10H2,(H2,15,17)(H,16,18). The lowest BCUT2D eigenvalue weighted by atomic mass is 9.82. The molecule has 6 heteroatoms. The molecule has 2 aliphatic rings. The normalized spacial score (nSPS) is 27.6. The van der Waals surface area contributed by atoms with E-state index < -0.39 is 5.54 Å². The van der Waals surface area contributed by atoms with Crippen molar-refractivity contribution in [3.8, 4) is 0 Å². The van der Waals surface area contributed by atoms with E-state index in [1.807, 2.05) is 11.8 Å². The molecule has 0 bridgehead atoms. The SMILES string of the molecule is NC(=NO)C1(NC(=O)C2CCSC2)CCCCCCC1. The van der Waals surface area contributed by atoms with Crippen molar-refractivity contribution < 1.29 is 10.0 Å². The topological polar surface area (TPSA) is 87.7 Å². The lowest BCUT2D eigenvalue weighted by molar-refractivity contribution is -0.125. The summed E-state index contributed by atoms with van der Waals surface area (Å²) in [5, 5.41) is 15.4. The van der Waals surface area contributed by atoms with Gasteiger partial charge >= 0.3 is 0 Å². The van der Waals surface area contributed by atoms with E-state index in [-0.39, 0.29) is 17.7 Å².